The summed E-state index contributed by atoms with van der Waals surface area (Å²) >= 11 is 0. The molecule has 0 fully saturated rings. The van der Waals surface area contributed by atoms with Crippen LogP contribution >= 0.6 is 0 Å². The van der Waals surface area contributed by atoms with Gasteiger partial charge in [0.1, 0.15) is 5.75 Å². The fourth-order valence-electron chi connectivity index (χ4n) is 1.97. The second-order valence-corrected chi connectivity index (χ2v) is 4.53. The van der Waals surface area contributed by atoms with Crippen molar-refractivity contribution in [1.29, 1.82) is 0 Å². The van der Waals surface area contributed by atoms with Crippen molar-refractivity contribution in [2.24, 2.45) is 0 Å². The first-order valence-corrected chi connectivity index (χ1v) is 6.71. The minimum absolute atomic E-state index is 0.103. The average molecular weight is 287 g/mol. The Morgan fingerprint density at radius 2 is 1.95 bits per heavy atom. The van der Waals surface area contributed by atoms with Crippen LogP contribution in [0.5, 0.6) is 11.6 Å². The first-order valence-electron chi connectivity index (χ1n) is 6.71. The number of hydrogen-bond acceptors (Lipinski definition) is 4. The monoisotopic (exact) mass is 287 g/mol. The molecule has 2 aromatic rings. The third kappa shape index (κ3) is 3.72. The smallest absolute Gasteiger partial charge is 0.494 e. The van der Waals surface area contributed by atoms with Crippen molar-refractivity contribution in [3.05, 3.63) is 42.1 Å². The molecule has 0 aliphatic carbocycles. The maximum absolute atomic E-state index is 10.6. The number of aromatic nitrogens is 1. The molecule has 0 aliphatic rings. The number of pyridine rings is 1. The molecule has 0 atom stereocenters. The first-order chi connectivity index (χ1) is 10.1. The van der Waals surface area contributed by atoms with E-state index in [9.17, 15) is 4.79 Å². The molecule has 0 spiro atoms. The minimum atomic E-state index is -1.37. The summed E-state index contributed by atoms with van der Waals surface area (Å²) in [6.07, 6.45) is 1.12. The molecule has 5 nitrogen and oxygen atoms in total. The molecule has 1 aromatic heterocycles. The molecule has 1 aromatic carbocycles. The highest BCUT2D eigenvalue weighted by Crippen LogP contribution is 2.29. The summed E-state index contributed by atoms with van der Waals surface area (Å²) < 4.78 is 10.2. The van der Waals surface area contributed by atoms with E-state index in [-0.39, 0.29) is 5.88 Å². The number of benzene rings is 1. The normalized spacial score (nSPS) is 10.2. The van der Waals surface area contributed by atoms with E-state index in [1.165, 1.54) is 6.20 Å². The Bertz CT molecular complexity index is 623. The molecule has 21 heavy (non-hydrogen) atoms. The molecular weight excluding hydrogens is 270 g/mol. The van der Waals surface area contributed by atoms with Gasteiger partial charge in [0.15, 0.2) is 0 Å². The summed E-state index contributed by atoms with van der Waals surface area (Å²) in [7, 11) is 0. The van der Waals surface area contributed by atoms with Crippen LogP contribution in [0.15, 0.2) is 36.5 Å². The quantitative estimate of drug-likeness (QED) is 0.844. The number of hydrogen-bond donors (Lipinski definition) is 1. The van der Waals surface area contributed by atoms with Crippen molar-refractivity contribution < 1.29 is 19.4 Å². The number of rotatable bonds is 5. The van der Waals surface area contributed by atoms with Gasteiger partial charge in [-0.2, -0.15) is 0 Å². The number of carbonyl (C=O) groups is 1. The van der Waals surface area contributed by atoms with E-state index in [1.807, 2.05) is 30.3 Å². The Kier molecular flexibility index (Phi) is 4.77. The van der Waals surface area contributed by atoms with Crippen LogP contribution in [0, 0.1) is 6.92 Å². The first kappa shape index (κ1) is 14.8. The highest BCUT2D eigenvalue weighted by Gasteiger charge is 2.11. The summed E-state index contributed by atoms with van der Waals surface area (Å²) in [5.74, 6) is 0.917. The predicted octanol–water partition coefficient (Wildman–Crippen LogP) is 3.90. The lowest BCUT2D eigenvalue weighted by Crippen LogP contribution is -2.06. The predicted molar refractivity (Wildman–Crippen MR) is 78.8 cm³/mol. The third-order valence-corrected chi connectivity index (χ3v) is 2.98. The molecule has 0 bridgehead atoms. The maximum atomic E-state index is 10.6. The number of ether oxygens (including phenoxy) is 2. The van der Waals surface area contributed by atoms with Gasteiger partial charge in [0.05, 0.1) is 6.61 Å². The Labute approximate surface area is 123 Å². The second-order valence-electron chi connectivity index (χ2n) is 4.53. The highest BCUT2D eigenvalue weighted by molar-refractivity contribution is 5.70. The van der Waals surface area contributed by atoms with Gasteiger partial charge in [-0.3, -0.25) is 0 Å². The highest BCUT2D eigenvalue weighted by atomic mass is 16.7. The molecule has 0 saturated carbocycles. The summed E-state index contributed by atoms with van der Waals surface area (Å²) in [5, 5.41) is 8.69. The SMILES string of the molecule is CCCOc1ccc(-c2ccnc(OC(=O)O)c2C)cc1. The van der Waals surface area contributed by atoms with E-state index in [4.69, 9.17) is 9.84 Å². The van der Waals surface area contributed by atoms with Crippen molar-refractivity contribution in [2.45, 2.75) is 20.3 Å². The zero-order valence-corrected chi connectivity index (χ0v) is 12.0. The molecule has 0 aliphatic heterocycles. The largest absolute Gasteiger partial charge is 0.512 e. The average Bonchev–Trinajstić information content (AvgIpc) is 2.47. The Hall–Kier alpha value is -2.56. The number of carboxylic acid groups (broad SMARTS) is 1. The topological polar surface area (TPSA) is 68.7 Å². The lowest BCUT2D eigenvalue weighted by Gasteiger charge is -2.10. The van der Waals surface area contributed by atoms with Crippen LogP contribution in [0.1, 0.15) is 18.9 Å². The third-order valence-electron chi connectivity index (χ3n) is 2.98. The van der Waals surface area contributed by atoms with Gasteiger partial charge < -0.3 is 14.6 Å². The fraction of sp³-hybridized carbons (Fsp3) is 0.250. The molecular formula is C16H17NO4. The molecule has 110 valence electrons. The van der Waals surface area contributed by atoms with Gasteiger partial charge in [0.25, 0.3) is 0 Å². The van der Waals surface area contributed by atoms with Gasteiger partial charge in [-0.25, -0.2) is 9.78 Å². The van der Waals surface area contributed by atoms with E-state index >= 15 is 0 Å². The summed E-state index contributed by atoms with van der Waals surface area (Å²) in [4.78, 5) is 14.6. The van der Waals surface area contributed by atoms with Gasteiger partial charge in [-0.1, -0.05) is 19.1 Å². The Balaban J connectivity index is 2.27. The zero-order chi connectivity index (χ0) is 15.2. The van der Waals surface area contributed by atoms with Crippen molar-refractivity contribution in [3.63, 3.8) is 0 Å². The van der Waals surface area contributed by atoms with Gasteiger partial charge in [0, 0.05) is 11.8 Å². The molecule has 2 rings (SSSR count). The fourth-order valence-corrected chi connectivity index (χ4v) is 1.97. The van der Waals surface area contributed by atoms with Gasteiger partial charge in [-0.05, 0) is 42.7 Å². The van der Waals surface area contributed by atoms with Crippen LogP contribution in [0.4, 0.5) is 4.79 Å². The summed E-state index contributed by atoms with van der Waals surface area (Å²) in [6, 6.07) is 9.47. The molecule has 0 radical (unpaired) electrons. The Morgan fingerprint density at radius 1 is 1.24 bits per heavy atom. The molecule has 5 heteroatoms. The molecule has 1 N–H and O–H groups in total. The molecule has 0 unspecified atom stereocenters. The second kappa shape index (κ2) is 6.74. The molecule has 0 saturated heterocycles. The summed E-state index contributed by atoms with van der Waals surface area (Å²) in [5.41, 5.74) is 2.51. The van der Waals surface area contributed by atoms with Gasteiger partial charge >= 0.3 is 6.16 Å². The van der Waals surface area contributed by atoms with Crippen molar-refractivity contribution >= 4 is 6.16 Å². The van der Waals surface area contributed by atoms with Gasteiger partial charge in [0.2, 0.25) is 5.88 Å². The number of nitrogens with zero attached hydrogens (tertiary/aromatic N) is 1. The molecule has 1 heterocycles. The molecule has 0 amide bonds. The van der Waals surface area contributed by atoms with E-state index < -0.39 is 6.16 Å². The van der Waals surface area contributed by atoms with Crippen LogP contribution in [0.3, 0.4) is 0 Å². The maximum Gasteiger partial charge on any atom is 0.512 e. The van der Waals surface area contributed by atoms with E-state index in [2.05, 4.69) is 16.6 Å². The lowest BCUT2D eigenvalue weighted by molar-refractivity contribution is 0.142. The van der Waals surface area contributed by atoms with Crippen LogP contribution < -0.4 is 9.47 Å². The minimum Gasteiger partial charge on any atom is -0.494 e. The van der Waals surface area contributed by atoms with Gasteiger partial charge in [-0.15, -0.1) is 0 Å². The van der Waals surface area contributed by atoms with Crippen molar-refractivity contribution in [3.8, 4) is 22.8 Å². The summed E-state index contributed by atoms with van der Waals surface area (Å²) in [6.45, 7) is 4.52. The van der Waals surface area contributed by atoms with E-state index in [0.29, 0.717) is 12.2 Å². The lowest BCUT2D eigenvalue weighted by atomic mass is 10.0. The van der Waals surface area contributed by atoms with Crippen LogP contribution in [0.2, 0.25) is 0 Å². The van der Waals surface area contributed by atoms with E-state index in [1.54, 1.807) is 6.92 Å². The van der Waals surface area contributed by atoms with E-state index in [0.717, 1.165) is 23.3 Å². The zero-order valence-electron chi connectivity index (χ0n) is 12.0. The van der Waals surface area contributed by atoms with Crippen LogP contribution in [-0.2, 0) is 0 Å². The standard InChI is InChI=1S/C16H17NO4/c1-3-10-20-13-6-4-12(5-7-13)14-8-9-17-15(11(14)2)21-16(18)19/h4-9H,3,10H2,1-2H3,(H,18,19). The van der Waals surface area contributed by atoms with Crippen molar-refractivity contribution in [1.82, 2.24) is 4.98 Å². The Morgan fingerprint density at radius 3 is 2.57 bits per heavy atom. The van der Waals surface area contributed by atoms with Crippen LogP contribution in [-0.4, -0.2) is 22.9 Å². The van der Waals surface area contributed by atoms with Crippen LogP contribution in [0.25, 0.3) is 11.1 Å². The van der Waals surface area contributed by atoms with Crippen molar-refractivity contribution in [2.75, 3.05) is 6.61 Å².